The fraction of sp³-hybridized carbons (Fsp3) is 0.320. The average Bonchev–Trinajstić information content (AvgIpc) is 3.28. The molecule has 4 rings (SSSR count). The molecule has 0 atom stereocenters. The molecule has 1 aromatic heterocycles. The first-order chi connectivity index (χ1) is 15.0. The lowest BCUT2D eigenvalue weighted by Gasteiger charge is -2.21. The van der Waals surface area contributed by atoms with Gasteiger partial charge in [-0.05, 0) is 60.4 Å². The topological polar surface area (TPSA) is 68.2 Å². The summed E-state index contributed by atoms with van der Waals surface area (Å²) in [5.41, 5.74) is 3.00. The van der Waals surface area contributed by atoms with Gasteiger partial charge in [0.25, 0.3) is 5.91 Å². The number of nitrogens with one attached hydrogen (secondary N) is 1. The Hall–Kier alpha value is -2.86. The van der Waals surface area contributed by atoms with Crippen LogP contribution in [0.1, 0.15) is 53.6 Å². The zero-order valence-corrected chi connectivity index (χ0v) is 18.4. The Balaban J connectivity index is 1.39. The van der Waals surface area contributed by atoms with Crippen molar-refractivity contribution in [1.82, 2.24) is 4.57 Å². The minimum atomic E-state index is -3.17. The zero-order valence-electron chi connectivity index (χ0n) is 17.5. The Morgan fingerprint density at radius 3 is 2.32 bits per heavy atom. The number of benzene rings is 2. The first-order valence-corrected chi connectivity index (χ1v) is 12.5. The molecule has 0 saturated heterocycles. The van der Waals surface area contributed by atoms with E-state index in [2.05, 4.69) is 9.88 Å². The zero-order chi connectivity index (χ0) is 21.7. The molecule has 0 bridgehead atoms. The third-order valence-electron chi connectivity index (χ3n) is 5.86. The van der Waals surface area contributed by atoms with Crippen LogP contribution in [0.3, 0.4) is 0 Å². The molecule has 6 heteroatoms. The van der Waals surface area contributed by atoms with Gasteiger partial charge in [0.05, 0.1) is 11.0 Å². The number of hydrogen-bond acceptors (Lipinski definition) is 3. The maximum absolute atomic E-state index is 12.8. The van der Waals surface area contributed by atoms with Crippen LogP contribution < -0.4 is 5.32 Å². The molecule has 0 spiro atoms. The highest BCUT2D eigenvalue weighted by Crippen LogP contribution is 2.26. The van der Waals surface area contributed by atoms with E-state index in [9.17, 15) is 13.2 Å². The summed E-state index contributed by atoms with van der Waals surface area (Å²) >= 11 is 0. The molecule has 0 radical (unpaired) electrons. The summed E-state index contributed by atoms with van der Waals surface area (Å²) in [6.07, 6.45) is 8.64. The molecular formula is C25H28N2O3S. The third kappa shape index (κ3) is 5.64. The van der Waals surface area contributed by atoms with Crippen LogP contribution in [-0.2, 0) is 22.1 Å². The lowest BCUT2D eigenvalue weighted by molar-refractivity contribution is 0.102. The minimum Gasteiger partial charge on any atom is -0.350 e. The lowest BCUT2D eigenvalue weighted by Crippen LogP contribution is -2.25. The van der Waals surface area contributed by atoms with Gasteiger partial charge in [0, 0.05) is 30.2 Å². The first-order valence-electron chi connectivity index (χ1n) is 10.8. The quantitative estimate of drug-likeness (QED) is 0.564. The van der Waals surface area contributed by atoms with E-state index in [0.29, 0.717) is 16.8 Å². The summed E-state index contributed by atoms with van der Waals surface area (Å²) in [6.45, 7) is 0.756. The molecule has 1 fully saturated rings. The second-order valence-electron chi connectivity index (χ2n) is 8.27. The molecule has 162 valence electrons. The van der Waals surface area contributed by atoms with E-state index in [1.54, 1.807) is 18.2 Å². The van der Waals surface area contributed by atoms with Crippen LogP contribution in [0.25, 0.3) is 0 Å². The van der Waals surface area contributed by atoms with Gasteiger partial charge in [-0.2, -0.15) is 0 Å². The van der Waals surface area contributed by atoms with Crippen molar-refractivity contribution in [2.45, 2.75) is 49.7 Å². The molecule has 1 heterocycles. The predicted octanol–water partition coefficient (Wildman–Crippen LogP) is 5.04. The van der Waals surface area contributed by atoms with Crippen molar-refractivity contribution in [3.8, 4) is 0 Å². The van der Waals surface area contributed by atoms with Crippen LogP contribution in [0, 0.1) is 0 Å². The average molecular weight is 437 g/mol. The highest BCUT2D eigenvalue weighted by molar-refractivity contribution is 7.91. The van der Waals surface area contributed by atoms with Crippen LogP contribution in [0.5, 0.6) is 0 Å². The maximum atomic E-state index is 12.8. The van der Waals surface area contributed by atoms with Crippen molar-refractivity contribution in [3.63, 3.8) is 0 Å². The summed E-state index contributed by atoms with van der Waals surface area (Å²) in [7, 11) is -3.17. The molecule has 1 aliphatic carbocycles. The van der Waals surface area contributed by atoms with Crippen molar-refractivity contribution in [1.29, 1.82) is 0 Å². The van der Waals surface area contributed by atoms with Crippen molar-refractivity contribution in [3.05, 3.63) is 89.7 Å². The molecular weight excluding hydrogens is 408 g/mol. The highest BCUT2D eigenvalue weighted by Gasteiger charge is 2.27. The van der Waals surface area contributed by atoms with Crippen LogP contribution in [0.15, 0.2) is 73.1 Å². The molecule has 0 aliphatic heterocycles. The summed E-state index contributed by atoms with van der Waals surface area (Å²) in [6, 6.07) is 18.6. The van der Waals surface area contributed by atoms with E-state index < -0.39 is 9.84 Å². The fourth-order valence-corrected chi connectivity index (χ4v) is 6.10. The Morgan fingerprint density at radius 1 is 0.903 bits per heavy atom. The minimum absolute atomic E-state index is 0.0233. The van der Waals surface area contributed by atoms with Crippen LogP contribution in [0.4, 0.5) is 5.69 Å². The van der Waals surface area contributed by atoms with Crippen molar-refractivity contribution < 1.29 is 13.2 Å². The van der Waals surface area contributed by atoms with Crippen molar-refractivity contribution in [2.24, 2.45) is 0 Å². The molecule has 1 aliphatic rings. The predicted molar refractivity (Wildman–Crippen MR) is 124 cm³/mol. The standard InChI is InChI=1S/C25H28N2O3S/c28-25(22-13-11-20(12-14-22)18-27-15-4-5-16-27)26-23-8-6-7-21(17-23)19-31(29,30)24-9-2-1-3-10-24/h4-8,11-17,24H,1-3,9-10,18-19H2,(H,26,28). The number of carbonyl (C=O) groups excluding carboxylic acids is 1. The van der Waals surface area contributed by atoms with E-state index in [1.807, 2.05) is 54.9 Å². The van der Waals surface area contributed by atoms with Gasteiger partial charge in [0.15, 0.2) is 9.84 Å². The fourth-order valence-electron chi connectivity index (χ4n) is 4.16. The van der Waals surface area contributed by atoms with Crippen molar-refractivity contribution >= 4 is 21.4 Å². The van der Waals surface area contributed by atoms with E-state index in [1.165, 1.54) is 0 Å². The first kappa shape index (κ1) is 21.4. The van der Waals surface area contributed by atoms with E-state index >= 15 is 0 Å². The molecule has 1 amide bonds. The number of anilines is 1. The van der Waals surface area contributed by atoms with Gasteiger partial charge >= 0.3 is 0 Å². The van der Waals surface area contributed by atoms with Crippen molar-refractivity contribution in [2.75, 3.05) is 5.32 Å². The van der Waals surface area contributed by atoms with Gasteiger partial charge in [0.1, 0.15) is 0 Å². The molecule has 2 aromatic carbocycles. The summed E-state index contributed by atoms with van der Waals surface area (Å²) in [5, 5.41) is 2.66. The monoisotopic (exact) mass is 436 g/mol. The number of aromatic nitrogens is 1. The third-order valence-corrected chi connectivity index (χ3v) is 8.08. The molecule has 5 nitrogen and oxygen atoms in total. The Bertz CT molecular complexity index is 1110. The second kappa shape index (κ2) is 9.52. The Morgan fingerprint density at radius 2 is 1.61 bits per heavy atom. The molecule has 1 saturated carbocycles. The van der Waals surface area contributed by atoms with Crippen LogP contribution in [-0.4, -0.2) is 24.1 Å². The molecule has 0 unspecified atom stereocenters. The summed E-state index contributed by atoms with van der Waals surface area (Å²) in [4.78, 5) is 12.7. The van der Waals surface area contributed by atoms with Gasteiger partial charge in [-0.3, -0.25) is 4.79 Å². The highest BCUT2D eigenvalue weighted by atomic mass is 32.2. The van der Waals surface area contributed by atoms with E-state index in [-0.39, 0.29) is 16.9 Å². The van der Waals surface area contributed by atoms with E-state index in [0.717, 1.165) is 44.2 Å². The largest absolute Gasteiger partial charge is 0.350 e. The smallest absolute Gasteiger partial charge is 0.255 e. The number of hydrogen-bond donors (Lipinski definition) is 1. The van der Waals surface area contributed by atoms with Gasteiger partial charge in [-0.25, -0.2) is 8.42 Å². The van der Waals surface area contributed by atoms with Crippen LogP contribution >= 0.6 is 0 Å². The van der Waals surface area contributed by atoms with Gasteiger partial charge in [0.2, 0.25) is 0 Å². The normalized spacial score (nSPS) is 15.0. The molecule has 31 heavy (non-hydrogen) atoms. The Labute approximate surface area is 184 Å². The number of carbonyl (C=O) groups is 1. The Kier molecular flexibility index (Phi) is 6.56. The number of sulfone groups is 1. The molecule has 3 aromatic rings. The second-order valence-corrected chi connectivity index (χ2v) is 10.6. The number of amides is 1. The lowest BCUT2D eigenvalue weighted by atomic mass is 10.0. The summed E-state index contributed by atoms with van der Waals surface area (Å²) in [5.74, 6) is -0.185. The van der Waals surface area contributed by atoms with Gasteiger partial charge in [-0.15, -0.1) is 0 Å². The van der Waals surface area contributed by atoms with Gasteiger partial charge in [-0.1, -0.05) is 43.5 Å². The maximum Gasteiger partial charge on any atom is 0.255 e. The SMILES string of the molecule is O=C(Nc1cccc(CS(=O)(=O)C2CCCCC2)c1)c1ccc(Cn2cccc2)cc1. The van der Waals surface area contributed by atoms with Gasteiger partial charge < -0.3 is 9.88 Å². The number of nitrogens with zero attached hydrogens (tertiary/aromatic N) is 1. The summed E-state index contributed by atoms with van der Waals surface area (Å²) < 4.78 is 27.6. The number of rotatable bonds is 7. The van der Waals surface area contributed by atoms with E-state index in [4.69, 9.17) is 0 Å². The van der Waals surface area contributed by atoms with Crippen LogP contribution in [0.2, 0.25) is 0 Å². The molecule has 1 N–H and O–H groups in total.